The Morgan fingerprint density at radius 2 is 2.00 bits per heavy atom. The molecular formula is C16H30N2O2. The summed E-state index contributed by atoms with van der Waals surface area (Å²) in [5.74, 6) is 1.47. The van der Waals surface area contributed by atoms with Gasteiger partial charge in [-0.05, 0) is 51.5 Å². The summed E-state index contributed by atoms with van der Waals surface area (Å²) in [6.45, 7) is 9.37. The lowest BCUT2D eigenvalue weighted by atomic mass is 9.78. The van der Waals surface area contributed by atoms with Crippen molar-refractivity contribution in [3.05, 3.63) is 0 Å². The molecule has 4 heteroatoms. The molecule has 1 aliphatic carbocycles. The van der Waals surface area contributed by atoms with Crippen molar-refractivity contribution in [2.24, 2.45) is 11.8 Å². The smallest absolute Gasteiger partial charge is 0.326 e. The lowest BCUT2D eigenvalue weighted by Crippen LogP contribution is -2.57. The molecule has 4 nitrogen and oxygen atoms in total. The molecule has 20 heavy (non-hydrogen) atoms. The van der Waals surface area contributed by atoms with Gasteiger partial charge in [0.15, 0.2) is 0 Å². The number of nitrogens with one attached hydrogen (secondary N) is 1. The predicted octanol–water partition coefficient (Wildman–Crippen LogP) is 2.04. The van der Waals surface area contributed by atoms with Gasteiger partial charge in [-0.25, -0.2) is 0 Å². The summed E-state index contributed by atoms with van der Waals surface area (Å²) in [5, 5.41) is 3.28. The highest BCUT2D eigenvalue weighted by Gasteiger charge is 2.45. The minimum absolute atomic E-state index is 0.0625. The highest BCUT2D eigenvalue weighted by molar-refractivity contribution is 5.81. The van der Waals surface area contributed by atoms with E-state index in [0.717, 1.165) is 31.1 Å². The van der Waals surface area contributed by atoms with E-state index in [1.165, 1.54) is 19.5 Å². The van der Waals surface area contributed by atoms with Crippen LogP contribution in [0.4, 0.5) is 0 Å². The normalized spacial score (nSPS) is 38.9. The fourth-order valence-corrected chi connectivity index (χ4v) is 3.81. The Hall–Kier alpha value is -0.610. The van der Waals surface area contributed by atoms with Gasteiger partial charge < -0.3 is 10.1 Å². The van der Waals surface area contributed by atoms with E-state index in [2.05, 4.69) is 24.1 Å². The maximum absolute atomic E-state index is 12.3. The Kier molecular flexibility index (Phi) is 5.08. The summed E-state index contributed by atoms with van der Waals surface area (Å²) in [6, 6.07) is 0.521. The van der Waals surface area contributed by atoms with Crippen molar-refractivity contribution in [3.63, 3.8) is 0 Å². The number of likely N-dealkylation sites (tertiary alicyclic amines) is 1. The molecule has 2 rings (SSSR count). The number of likely N-dealkylation sites (N-methyl/N-ethyl adjacent to an activating group) is 1. The summed E-state index contributed by atoms with van der Waals surface area (Å²) in [7, 11) is 1.90. The number of hydrogen-bond donors (Lipinski definition) is 1. The monoisotopic (exact) mass is 282 g/mol. The van der Waals surface area contributed by atoms with Gasteiger partial charge in [0, 0.05) is 19.1 Å². The lowest BCUT2D eigenvalue weighted by molar-refractivity contribution is -0.153. The number of nitrogens with zero attached hydrogens (tertiary/aromatic N) is 1. The second-order valence-electron chi connectivity index (χ2n) is 6.71. The average molecular weight is 282 g/mol. The van der Waals surface area contributed by atoms with E-state index in [1.807, 2.05) is 14.0 Å². The van der Waals surface area contributed by atoms with Crippen molar-refractivity contribution in [2.75, 3.05) is 26.7 Å². The number of esters is 1. The number of carbonyl (C=O) groups excluding carboxylic acids is 1. The summed E-state index contributed by atoms with van der Waals surface area (Å²) >= 11 is 0. The van der Waals surface area contributed by atoms with Gasteiger partial charge >= 0.3 is 5.97 Å². The fourth-order valence-electron chi connectivity index (χ4n) is 3.81. The van der Waals surface area contributed by atoms with Crippen LogP contribution in [0.3, 0.4) is 0 Å². The van der Waals surface area contributed by atoms with Crippen LogP contribution in [0.15, 0.2) is 0 Å². The van der Waals surface area contributed by atoms with E-state index in [9.17, 15) is 4.79 Å². The zero-order valence-corrected chi connectivity index (χ0v) is 13.4. The highest BCUT2D eigenvalue weighted by atomic mass is 16.5. The van der Waals surface area contributed by atoms with Crippen molar-refractivity contribution in [1.29, 1.82) is 0 Å². The van der Waals surface area contributed by atoms with Gasteiger partial charge in [-0.2, -0.15) is 0 Å². The van der Waals surface area contributed by atoms with Gasteiger partial charge in [0.2, 0.25) is 0 Å². The van der Waals surface area contributed by atoms with Gasteiger partial charge in [-0.3, -0.25) is 9.69 Å². The topological polar surface area (TPSA) is 41.6 Å². The zero-order valence-electron chi connectivity index (χ0n) is 13.4. The molecule has 1 heterocycles. The zero-order chi connectivity index (χ0) is 14.8. The van der Waals surface area contributed by atoms with Gasteiger partial charge in [-0.1, -0.05) is 13.8 Å². The molecule has 1 saturated heterocycles. The molecule has 0 bridgehead atoms. The van der Waals surface area contributed by atoms with Crippen LogP contribution in [0.2, 0.25) is 0 Å². The van der Waals surface area contributed by atoms with Gasteiger partial charge in [0.25, 0.3) is 0 Å². The largest absolute Gasteiger partial charge is 0.465 e. The van der Waals surface area contributed by atoms with E-state index < -0.39 is 5.54 Å². The van der Waals surface area contributed by atoms with Crippen LogP contribution in [0.1, 0.15) is 46.5 Å². The molecule has 0 amide bonds. The number of ether oxygens (including phenoxy) is 1. The van der Waals surface area contributed by atoms with Gasteiger partial charge in [0.1, 0.15) is 5.54 Å². The van der Waals surface area contributed by atoms with Crippen molar-refractivity contribution >= 4 is 5.97 Å². The van der Waals surface area contributed by atoms with E-state index in [-0.39, 0.29) is 5.97 Å². The van der Waals surface area contributed by atoms with Crippen LogP contribution >= 0.6 is 0 Å². The molecule has 0 aromatic rings. The Balaban J connectivity index is 2.05. The van der Waals surface area contributed by atoms with Gasteiger partial charge in [-0.15, -0.1) is 0 Å². The molecular weight excluding hydrogens is 252 g/mol. The summed E-state index contributed by atoms with van der Waals surface area (Å²) < 4.78 is 5.31. The fraction of sp³-hybridized carbons (Fsp3) is 0.938. The van der Waals surface area contributed by atoms with Crippen LogP contribution in [0.5, 0.6) is 0 Å². The molecule has 4 unspecified atom stereocenters. The molecule has 1 N–H and O–H groups in total. The quantitative estimate of drug-likeness (QED) is 0.801. The highest BCUT2D eigenvalue weighted by Crippen LogP contribution is 2.35. The van der Waals surface area contributed by atoms with E-state index in [4.69, 9.17) is 4.74 Å². The summed E-state index contributed by atoms with van der Waals surface area (Å²) in [5.41, 5.74) is -0.464. The first-order chi connectivity index (χ1) is 9.52. The molecule has 0 spiro atoms. The third-order valence-electron chi connectivity index (χ3n) is 5.40. The SMILES string of the molecule is CCOC(=O)C1(NC)CCCC(N2CC(C)C(C)C2)C1. The minimum atomic E-state index is -0.464. The number of hydrogen-bond acceptors (Lipinski definition) is 4. The molecule has 1 saturated carbocycles. The molecule has 0 aromatic heterocycles. The minimum Gasteiger partial charge on any atom is -0.465 e. The second kappa shape index (κ2) is 6.44. The van der Waals surface area contributed by atoms with E-state index in [1.54, 1.807) is 0 Å². The van der Waals surface area contributed by atoms with E-state index in [0.29, 0.717) is 12.6 Å². The van der Waals surface area contributed by atoms with Crippen molar-refractivity contribution in [2.45, 2.75) is 58.0 Å². The molecule has 2 fully saturated rings. The Morgan fingerprint density at radius 1 is 1.35 bits per heavy atom. The van der Waals surface area contributed by atoms with Crippen LogP contribution in [-0.2, 0) is 9.53 Å². The first kappa shape index (κ1) is 15.8. The average Bonchev–Trinajstić information content (AvgIpc) is 2.79. The van der Waals surface area contributed by atoms with Crippen molar-refractivity contribution in [3.8, 4) is 0 Å². The predicted molar refractivity (Wildman–Crippen MR) is 80.6 cm³/mol. The maximum atomic E-state index is 12.3. The Morgan fingerprint density at radius 3 is 2.55 bits per heavy atom. The van der Waals surface area contributed by atoms with Gasteiger partial charge in [0.05, 0.1) is 6.61 Å². The maximum Gasteiger partial charge on any atom is 0.326 e. The Bertz CT molecular complexity index is 337. The van der Waals surface area contributed by atoms with Crippen LogP contribution < -0.4 is 5.32 Å². The molecule has 2 aliphatic rings. The van der Waals surface area contributed by atoms with Crippen molar-refractivity contribution in [1.82, 2.24) is 10.2 Å². The standard InChI is InChI=1S/C16H30N2O2/c1-5-20-15(19)16(17-4)8-6-7-14(9-16)18-10-12(2)13(3)11-18/h12-14,17H,5-11H2,1-4H3. The summed E-state index contributed by atoms with van der Waals surface area (Å²) in [6.07, 6.45) is 4.10. The molecule has 0 aromatic carbocycles. The van der Waals surface area contributed by atoms with Crippen LogP contribution in [-0.4, -0.2) is 49.2 Å². The van der Waals surface area contributed by atoms with Crippen LogP contribution in [0, 0.1) is 11.8 Å². The molecule has 4 atom stereocenters. The molecule has 0 radical (unpaired) electrons. The molecule has 116 valence electrons. The number of rotatable bonds is 4. The Labute approximate surface area is 123 Å². The van der Waals surface area contributed by atoms with Crippen LogP contribution in [0.25, 0.3) is 0 Å². The lowest BCUT2D eigenvalue weighted by Gasteiger charge is -2.42. The first-order valence-electron chi connectivity index (χ1n) is 8.12. The molecule has 1 aliphatic heterocycles. The van der Waals surface area contributed by atoms with E-state index >= 15 is 0 Å². The second-order valence-corrected chi connectivity index (χ2v) is 6.71. The third-order valence-corrected chi connectivity index (χ3v) is 5.40. The third kappa shape index (κ3) is 3.01. The van der Waals surface area contributed by atoms with Crippen molar-refractivity contribution < 1.29 is 9.53 Å². The summed E-state index contributed by atoms with van der Waals surface area (Å²) in [4.78, 5) is 14.9. The first-order valence-corrected chi connectivity index (χ1v) is 8.12. The number of carbonyl (C=O) groups is 1.